The number of nitrogens with two attached hydrogens (primary N) is 1. The van der Waals surface area contributed by atoms with Gasteiger partial charge in [-0.1, -0.05) is 6.92 Å². The number of nitrogens with zero attached hydrogens (tertiary/aromatic N) is 1. The number of anilines is 1. The number of nitrogens with one attached hydrogen (secondary N) is 1. The van der Waals surface area contributed by atoms with Crippen molar-refractivity contribution in [1.29, 1.82) is 0 Å². The monoisotopic (exact) mass is 293 g/mol. The first-order valence-electron chi connectivity index (χ1n) is 6.91. The minimum Gasteiger partial charge on any atom is -0.330 e. The topological polar surface area (TPSA) is 58.4 Å². The molecule has 2 rings (SSSR count). The van der Waals surface area contributed by atoms with Gasteiger partial charge in [0.2, 0.25) is 5.91 Å². The second-order valence-corrected chi connectivity index (χ2v) is 6.63. The Hall–Kier alpha value is -1.04. The minimum absolute atomic E-state index is 0.0446. The average molecular weight is 293 g/mol. The summed E-state index contributed by atoms with van der Waals surface area (Å²) in [4.78, 5) is 15.4. The molecule has 1 aromatic carbocycles. The van der Waals surface area contributed by atoms with Gasteiger partial charge in [0.05, 0.1) is 6.54 Å². The van der Waals surface area contributed by atoms with E-state index < -0.39 is 0 Å². The molecule has 1 aromatic rings. The van der Waals surface area contributed by atoms with E-state index in [1.807, 2.05) is 30.5 Å². The van der Waals surface area contributed by atoms with Crippen LogP contribution in [0.2, 0.25) is 0 Å². The molecule has 3 N–H and O–H groups in total. The molecule has 1 heterocycles. The molecule has 20 heavy (non-hydrogen) atoms. The van der Waals surface area contributed by atoms with Crippen LogP contribution in [0.15, 0.2) is 29.2 Å². The smallest absolute Gasteiger partial charge is 0.238 e. The van der Waals surface area contributed by atoms with Crippen molar-refractivity contribution in [3.05, 3.63) is 24.3 Å². The first-order valence-corrected chi connectivity index (χ1v) is 8.13. The fourth-order valence-electron chi connectivity index (χ4n) is 2.51. The highest BCUT2D eigenvalue weighted by Crippen LogP contribution is 2.28. The van der Waals surface area contributed by atoms with Crippen molar-refractivity contribution in [1.82, 2.24) is 4.90 Å². The van der Waals surface area contributed by atoms with Gasteiger partial charge in [-0.25, -0.2) is 0 Å². The lowest BCUT2D eigenvalue weighted by atomic mass is 9.90. The molecule has 4 nitrogen and oxygen atoms in total. The first-order chi connectivity index (χ1) is 9.54. The maximum Gasteiger partial charge on any atom is 0.238 e. The van der Waals surface area contributed by atoms with Gasteiger partial charge in [-0.15, -0.1) is 11.8 Å². The van der Waals surface area contributed by atoms with Crippen molar-refractivity contribution >= 4 is 23.4 Å². The first kappa shape index (κ1) is 15.4. The Labute approximate surface area is 125 Å². The predicted molar refractivity (Wildman–Crippen MR) is 85.1 cm³/mol. The molecule has 0 aromatic heterocycles. The summed E-state index contributed by atoms with van der Waals surface area (Å²) in [5.41, 5.74) is 6.80. The molecule has 1 aliphatic heterocycles. The van der Waals surface area contributed by atoms with Gasteiger partial charge in [0, 0.05) is 17.1 Å². The number of hydrogen-bond acceptors (Lipinski definition) is 4. The summed E-state index contributed by atoms with van der Waals surface area (Å²) < 4.78 is 0. The van der Waals surface area contributed by atoms with Crippen molar-refractivity contribution in [2.24, 2.45) is 11.1 Å². The van der Waals surface area contributed by atoms with Gasteiger partial charge in [0.1, 0.15) is 0 Å². The van der Waals surface area contributed by atoms with Crippen molar-refractivity contribution in [2.45, 2.75) is 18.2 Å². The number of carbonyl (C=O) groups excluding carboxylic acids is 1. The van der Waals surface area contributed by atoms with E-state index in [9.17, 15) is 4.79 Å². The molecule has 0 aliphatic carbocycles. The van der Waals surface area contributed by atoms with Crippen LogP contribution in [0.4, 0.5) is 5.69 Å². The second-order valence-electron chi connectivity index (χ2n) is 5.75. The lowest BCUT2D eigenvalue weighted by Crippen LogP contribution is -2.35. The van der Waals surface area contributed by atoms with Crippen LogP contribution in [-0.2, 0) is 4.79 Å². The standard InChI is InChI=1S/C15H23N3OS/c1-15(10-16)7-8-18(11-15)9-14(19)17-12-3-5-13(20-2)6-4-12/h3-6H,7-11,16H2,1-2H3,(H,17,19). The SMILES string of the molecule is CSc1ccc(NC(=O)CN2CCC(C)(CN)C2)cc1. The van der Waals surface area contributed by atoms with Gasteiger partial charge >= 0.3 is 0 Å². The van der Waals surface area contributed by atoms with Gasteiger partial charge in [-0.2, -0.15) is 0 Å². The van der Waals surface area contributed by atoms with Crippen LogP contribution in [0.3, 0.4) is 0 Å². The second kappa shape index (κ2) is 6.61. The van der Waals surface area contributed by atoms with Crippen LogP contribution in [0.25, 0.3) is 0 Å². The van der Waals surface area contributed by atoms with Gasteiger partial charge < -0.3 is 11.1 Å². The summed E-state index contributed by atoms with van der Waals surface area (Å²) in [7, 11) is 0. The summed E-state index contributed by atoms with van der Waals surface area (Å²) in [5.74, 6) is 0.0446. The zero-order valence-electron chi connectivity index (χ0n) is 12.2. The number of likely N-dealkylation sites (tertiary alicyclic amines) is 1. The Bertz CT molecular complexity index is 463. The largest absolute Gasteiger partial charge is 0.330 e. The van der Waals surface area contributed by atoms with Gasteiger partial charge in [0.15, 0.2) is 0 Å². The molecule has 5 heteroatoms. The van der Waals surface area contributed by atoms with E-state index in [1.54, 1.807) is 11.8 Å². The fourth-order valence-corrected chi connectivity index (χ4v) is 2.91. The zero-order chi connectivity index (χ0) is 14.6. The number of amides is 1. The number of benzene rings is 1. The Morgan fingerprint density at radius 1 is 1.45 bits per heavy atom. The van der Waals surface area contributed by atoms with Gasteiger partial charge in [-0.05, 0) is 55.4 Å². The van der Waals surface area contributed by atoms with Crippen molar-refractivity contribution in [3.63, 3.8) is 0 Å². The van der Waals surface area contributed by atoms with E-state index in [2.05, 4.69) is 17.1 Å². The minimum atomic E-state index is 0.0446. The molecule has 1 saturated heterocycles. The highest BCUT2D eigenvalue weighted by Gasteiger charge is 2.32. The van der Waals surface area contributed by atoms with Crippen LogP contribution >= 0.6 is 11.8 Å². The van der Waals surface area contributed by atoms with E-state index in [1.165, 1.54) is 4.90 Å². The van der Waals surface area contributed by atoms with Crippen LogP contribution in [0.1, 0.15) is 13.3 Å². The molecule has 0 bridgehead atoms. The number of rotatable bonds is 5. The van der Waals surface area contributed by atoms with Crippen LogP contribution in [0.5, 0.6) is 0 Å². The third kappa shape index (κ3) is 3.98. The van der Waals surface area contributed by atoms with E-state index in [-0.39, 0.29) is 11.3 Å². The lowest BCUT2D eigenvalue weighted by Gasteiger charge is -2.22. The number of thioether (sulfide) groups is 1. The molecule has 1 aliphatic rings. The lowest BCUT2D eigenvalue weighted by molar-refractivity contribution is -0.117. The third-order valence-corrected chi connectivity index (χ3v) is 4.61. The average Bonchev–Trinajstić information content (AvgIpc) is 2.81. The summed E-state index contributed by atoms with van der Waals surface area (Å²) in [5, 5.41) is 2.94. The fraction of sp³-hybridized carbons (Fsp3) is 0.533. The van der Waals surface area contributed by atoms with Crippen molar-refractivity contribution < 1.29 is 4.79 Å². The predicted octanol–water partition coefficient (Wildman–Crippen LogP) is 2.02. The zero-order valence-corrected chi connectivity index (χ0v) is 13.0. The molecular weight excluding hydrogens is 270 g/mol. The molecule has 0 saturated carbocycles. The van der Waals surface area contributed by atoms with Gasteiger partial charge in [-0.3, -0.25) is 9.69 Å². The number of hydrogen-bond donors (Lipinski definition) is 2. The Morgan fingerprint density at radius 2 is 2.15 bits per heavy atom. The Morgan fingerprint density at radius 3 is 2.70 bits per heavy atom. The van der Waals surface area contributed by atoms with E-state index in [4.69, 9.17) is 5.73 Å². The molecule has 110 valence electrons. The maximum absolute atomic E-state index is 12.0. The summed E-state index contributed by atoms with van der Waals surface area (Å²) in [6.45, 7) is 5.17. The van der Waals surface area contributed by atoms with Crippen LogP contribution < -0.4 is 11.1 Å². The quantitative estimate of drug-likeness (QED) is 0.816. The Balaban J connectivity index is 1.83. The molecule has 1 amide bonds. The molecular formula is C15H23N3OS. The van der Waals surface area contributed by atoms with Crippen LogP contribution in [0, 0.1) is 5.41 Å². The van der Waals surface area contributed by atoms with Gasteiger partial charge in [0.25, 0.3) is 0 Å². The molecule has 1 fully saturated rings. The Kier molecular flexibility index (Phi) is 5.07. The molecule has 0 radical (unpaired) electrons. The highest BCUT2D eigenvalue weighted by atomic mass is 32.2. The van der Waals surface area contributed by atoms with E-state index >= 15 is 0 Å². The van der Waals surface area contributed by atoms with Crippen molar-refractivity contribution in [2.75, 3.05) is 37.8 Å². The highest BCUT2D eigenvalue weighted by molar-refractivity contribution is 7.98. The van der Waals surface area contributed by atoms with E-state index in [0.717, 1.165) is 25.2 Å². The van der Waals surface area contributed by atoms with E-state index in [0.29, 0.717) is 13.1 Å². The molecule has 1 unspecified atom stereocenters. The molecule has 1 atom stereocenters. The van der Waals surface area contributed by atoms with Crippen molar-refractivity contribution in [3.8, 4) is 0 Å². The summed E-state index contributed by atoms with van der Waals surface area (Å²) in [6.07, 6.45) is 3.11. The maximum atomic E-state index is 12.0. The summed E-state index contributed by atoms with van der Waals surface area (Å²) in [6, 6.07) is 7.92. The van der Waals surface area contributed by atoms with Crippen LogP contribution in [-0.4, -0.2) is 43.2 Å². The summed E-state index contributed by atoms with van der Waals surface area (Å²) >= 11 is 1.69. The molecule has 0 spiro atoms. The normalized spacial score (nSPS) is 22.9. The number of carbonyl (C=O) groups is 1. The third-order valence-electron chi connectivity index (χ3n) is 3.87.